The molecule has 0 aliphatic carbocycles. The van der Waals surface area contributed by atoms with E-state index >= 15 is 0 Å². The normalized spacial score (nSPS) is 20.9. The van der Waals surface area contributed by atoms with Gasteiger partial charge in [-0.25, -0.2) is 0 Å². The Kier molecular flexibility index (Phi) is 11.6. The van der Waals surface area contributed by atoms with Gasteiger partial charge in [0.2, 0.25) is 0 Å². The van der Waals surface area contributed by atoms with Gasteiger partial charge in [0, 0.05) is 0 Å². The van der Waals surface area contributed by atoms with Crippen molar-refractivity contribution in [1.82, 2.24) is 5.32 Å². The number of rotatable bonds is 3. The van der Waals surface area contributed by atoms with Gasteiger partial charge < -0.3 is 24.3 Å². The Morgan fingerprint density at radius 1 is 0.912 bits per heavy atom. The minimum Gasteiger partial charge on any atom is -0.494 e. The summed E-state index contributed by atoms with van der Waals surface area (Å²) in [5, 5.41) is 3.23. The molecule has 0 unspecified atom stereocenters. The van der Waals surface area contributed by atoms with Crippen molar-refractivity contribution in [2.75, 3.05) is 34.5 Å². The third-order valence-corrected chi connectivity index (χ3v) is 6.10. The number of methoxy groups -OCH3 is 3. The summed E-state index contributed by atoms with van der Waals surface area (Å²) in [5.41, 5.74) is -0.360. The molecule has 34 heavy (non-hydrogen) atoms. The number of carbonyl (C=O) groups excluding carboxylic acids is 3. The molecule has 0 fully saturated rings. The molecule has 0 saturated heterocycles. The van der Waals surface area contributed by atoms with Gasteiger partial charge in [0.25, 0.3) is 0 Å². The van der Waals surface area contributed by atoms with E-state index in [2.05, 4.69) is 5.32 Å². The molecular formula is C26H37NO7. The van der Waals surface area contributed by atoms with Crippen molar-refractivity contribution in [2.45, 2.75) is 57.4 Å². The number of carbonyl (C=O) groups is 3. The predicted molar refractivity (Wildman–Crippen MR) is 127 cm³/mol. The van der Waals surface area contributed by atoms with Crippen LogP contribution in [-0.4, -0.2) is 58.4 Å². The average Bonchev–Trinajstić information content (AvgIpc) is 2.86. The van der Waals surface area contributed by atoms with Gasteiger partial charge >= 0.3 is 17.9 Å². The summed E-state index contributed by atoms with van der Waals surface area (Å²) in [7, 11) is 3.94. The molecule has 8 nitrogen and oxygen atoms in total. The zero-order valence-electron chi connectivity index (χ0n) is 20.5. The van der Waals surface area contributed by atoms with E-state index in [0.29, 0.717) is 38.8 Å². The van der Waals surface area contributed by atoms with Gasteiger partial charge in [0.15, 0.2) is 5.41 Å². The summed E-state index contributed by atoms with van der Waals surface area (Å²) in [4.78, 5) is 37.5. The lowest BCUT2D eigenvalue weighted by molar-refractivity contribution is -0.169. The molecule has 3 rings (SSSR count). The Morgan fingerprint density at radius 2 is 1.59 bits per heavy atom. The summed E-state index contributed by atoms with van der Waals surface area (Å²) >= 11 is 0. The van der Waals surface area contributed by atoms with Crippen molar-refractivity contribution in [3.8, 4) is 5.75 Å². The fourth-order valence-electron chi connectivity index (χ4n) is 4.10. The topological polar surface area (TPSA) is 100 Å². The van der Waals surface area contributed by atoms with Crippen LogP contribution >= 0.6 is 0 Å². The monoisotopic (exact) mass is 475 g/mol. The van der Waals surface area contributed by atoms with Crippen LogP contribution in [0.15, 0.2) is 36.4 Å². The Morgan fingerprint density at radius 3 is 2.24 bits per heavy atom. The minimum atomic E-state index is -1.36. The third-order valence-electron chi connectivity index (χ3n) is 6.10. The number of nitrogens with one attached hydrogen (secondary N) is 1. The van der Waals surface area contributed by atoms with E-state index in [9.17, 15) is 14.4 Å². The first-order valence-corrected chi connectivity index (χ1v) is 11.8. The highest BCUT2D eigenvalue weighted by atomic mass is 16.5. The van der Waals surface area contributed by atoms with Gasteiger partial charge in [-0.2, -0.15) is 0 Å². The first kappa shape index (κ1) is 27.4. The van der Waals surface area contributed by atoms with E-state index in [1.54, 1.807) is 0 Å². The molecule has 0 amide bonds. The maximum absolute atomic E-state index is 12.6. The summed E-state index contributed by atoms with van der Waals surface area (Å²) in [6, 6.07) is 7.26. The van der Waals surface area contributed by atoms with Crippen LogP contribution < -0.4 is 10.1 Å². The number of hydrogen-bond acceptors (Lipinski definition) is 8. The van der Waals surface area contributed by atoms with Crippen LogP contribution in [-0.2, 0) is 35.0 Å². The molecule has 1 aromatic carbocycles. The van der Waals surface area contributed by atoms with Gasteiger partial charge in [-0.05, 0) is 56.3 Å². The van der Waals surface area contributed by atoms with E-state index in [1.165, 1.54) is 21.3 Å². The minimum absolute atomic E-state index is 0.196. The van der Waals surface area contributed by atoms with Gasteiger partial charge in [-0.3, -0.25) is 14.4 Å². The maximum atomic E-state index is 12.6. The highest BCUT2D eigenvalue weighted by Gasteiger charge is 2.46. The molecule has 188 valence electrons. The van der Waals surface area contributed by atoms with E-state index < -0.39 is 23.4 Å². The molecule has 2 aliphatic heterocycles. The van der Waals surface area contributed by atoms with E-state index in [0.717, 1.165) is 30.6 Å². The Bertz CT molecular complexity index is 803. The highest BCUT2D eigenvalue weighted by molar-refractivity contribution is 6.00. The lowest BCUT2D eigenvalue weighted by Crippen LogP contribution is -2.41. The highest BCUT2D eigenvalue weighted by Crippen LogP contribution is 2.33. The van der Waals surface area contributed by atoms with Gasteiger partial charge in [0.05, 0.1) is 27.9 Å². The van der Waals surface area contributed by atoms with Gasteiger partial charge in [-0.15, -0.1) is 0 Å². The van der Waals surface area contributed by atoms with Crippen LogP contribution in [0.3, 0.4) is 0 Å². The Hall–Kier alpha value is -2.87. The fourth-order valence-corrected chi connectivity index (χ4v) is 4.10. The molecule has 1 aromatic rings. The molecule has 2 heterocycles. The van der Waals surface area contributed by atoms with Crippen molar-refractivity contribution < 1.29 is 33.3 Å². The van der Waals surface area contributed by atoms with Crippen molar-refractivity contribution in [2.24, 2.45) is 5.41 Å². The number of fused-ring (bicyclic) bond motifs is 16. The van der Waals surface area contributed by atoms with E-state index in [1.807, 2.05) is 36.4 Å². The first-order valence-electron chi connectivity index (χ1n) is 11.8. The first-order chi connectivity index (χ1) is 16.5. The van der Waals surface area contributed by atoms with Crippen LogP contribution in [0.4, 0.5) is 0 Å². The number of ether oxygens (including phenoxy) is 4. The average molecular weight is 476 g/mol. The Balaban J connectivity index is 2.17. The lowest BCUT2D eigenvalue weighted by Gasteiger charge is -2.27. The molecule has 1 atom stereocenters. The second-order valence-electron chi connectivity index (χ2n) is 8.42. The molecule has 2 aliphatic rings. The number of hydrogen-bond donors (Lipinski definition) is 1. The molecule has 1 N–H and O–H groups in total. The van der Waals surface area contributed by atoms with Crippen molar-refractivity contribution in [1.29, 1.82) is 0 Å². The van der Waals surface area contributed by atoms with Crippen molar-refractivity contribution in [3.63, 3.8) is 0 Å². The largest absolute Gasteiger partial charge is 0.494 e. The zero-order valence-corrected chi connectivity index (χ0v) is 20.5. The molecule has 0 radical (unpaired) electrons. The van der Waals surface area contributed by atoms with Crippen LogP contribution in [0.1, 0.15) is 50.5 Å². The number of allylic oxidation sites excluding steroid dienone is 1. The van der Waals surface area contributed by atoms with Crippen molar-refractivity contribution in [3.05, 3.63) is 42.0 Å². The second kappa shape index (κ2) is 14.4. The fraction of sp³-hybridized carbons (Fsp3) is 0.577. The quantitative estimate of drug-likeness (QED) is 0.307. The molecule has 0 aromatic heterocycles. The standard InChI is InChI=1S/C26H37NO7/c1-31-23(28)22-19-20-11-13-21(14-12-20)34-18-10-5-4-7-15-26(24(29)32-2,25(30)33-3)16-8-6-9-17-27-22/h6,8,11-14,22,27H,4-5,7,9-10,15-19H2,1-3H3/b8-6-/t22-/m0/s1. The third kappa shape index (κ3) is 7.87. The summed E-state index contributed by atoms with van der Waals surface area (Å²) in [6.45, 7) is 1.11. The van der Waals surface area contributed by atoms with Crippen LogP contribution in [0.5, 0.6) is 5.75 Å². The molecule has 8 heteroatoms. The second-order valence-corrected chi connectivity index (χ2v) is 8.42. The van der Waals surface area contributed by atoms with Gasteiger partial charge in [-0.1, -0.05) is 43.5 Å². The van der Waals surface area contributed by atoms with Crippen LogP contribution in [0.2, 0.25) is 0 Å². The molecule has 0 saturated carbocycles. The SMILES string of the molecule is COC(=O)[C@@H]1Cc2ccc(cc2)OCCCCCCC(C(=O)OC)(C(=O)OC)C/C=C\CCN1. The van der Waals surface area contributed by atoms with E-state index in [4.69, 9.17) is 18.9 Å². The molecular weight excluding hydrogens is 438 g/mol. The Labute approximate surface area is 202 Å². The molecule has 2 bridgehead atoms. The predicted octanol–water partition coefficient (Wildman–Crippen LogP) is 3.37. The van der Waals surface area contributed by atoms with Crippen LogP contribution in [0.25, 0.3) is 0 Å². The van der Waals surface area contributed by atoms with E-state index in [-0.39, 0.29) is 12.4 Å². The smallest absolute Gasteiger partial charge is 0.323 e. The van der Waals surface area contributed by atoms with Crippen LogP contribution in [0, 0.1) is 5.41 Å². The molecule has 0 spiro atoms. The lowest BCUT2D eigenvalue weighted by atomic mass is 9.79. The number of benzene rings is 1. The summed E-state index contributed by atoms with van der Waals surface area (Å²) < 4.78 is 20.7. The number of esters is 3. The zero-order chi connectivity index (χ0) is 24.8. The maximum Gasteiger partial charge on any atom is 0.323 e. The summed E-state index contributed by atoms with van der Waals surface area (Å²) in [5.74, 6) is -0.717. The summed E-state index contributed by atoms with van der Waals surface area (Å²) in [6.07, 6.45) is 8.68. The van der Waals surface area contributed by atoms with Crippen molar-refractivity contribution >= 4 is 17.9 Å². The van der Waals surface area contributed by atoms with Gasteiger partial charge in [0.1, 0.15) is 11.8 Å².